The van der Waals surface area contributed by atoms with E-state index in [0.29, 0.717) is 5.95 Å². The van der Waals surface area contributed by atoms with Crippen molar-refractivity contribution in [3.05, 3.63) is 29.0 Å². The first-order chi connectivity index (χ1) is 11.3. The van der Waals surface area contributed by atoms with Crippen LogP contribution in [0.5, 0.6) is 0 Å². The minimum atomic E-state index is -1.30. The lowest BCUT2D eigenvalue weighted by molar-refractivity contribution is -0.482. The maximum Gasteiger partial charge on any atom is 0.358 e. The van der Waals surface area contributed by atoms with Gasteiger partial charge >= 0.3 is 11.9 Å². The molecule has 1 aromatic carbocycles. The van der Waals surface area contributed by atoms with E-state index in [1.54, 1.807) is 0 Å². The van der Waals surface area contributed by atoms with Crippen LogP contribution in [0.15, 0.2) is 12.1 Å². The SMILES string of the molecule is Cc1cc2nc(NC3=[NH+][C@H](CC(=O)[O-])C(=O)N3)nc(C)c2cc1C. The Labute approximate surface area is 138 Å². The van der Waals surface area contributed by atoms with Gasteiger partial charge in [0.25, 0.3) is 5.95 Å². The van der Waals surface area contributed by atoms with E-state index in [0.717, 1.165) is 22.2 Å². The van der Waals surface area contributed by atoms with Crippen LogP contribution >= 0.6 is 0 Å². The Morgan fingerprint density at radius 1 is 1.29 bits per heavy atom. The monoisotopic (exact) mass is 327 g/mol. The third kappa shape index (κ3) is 3.03. The highest BCUT2D eigenvalue weighted by Gasteiger charge is 2.32. The summed E-state index contributed by atoms with van der Waals surface area (Å²) in [7, 11) is 0. The first-order valence-corrected chi connectivity index (χ1v) is 7.50. The minimum absolute atomic E-state index is 0.258. The lowest BCUT2D eigenvalue weighted by Gasteiger charge is -2.07. The van der Waals surface area contributed by atoms with Crippen molar-refractivity contribution in [2.45, 2.75) is 33.2 Å². The number of anilines is 1. The van der Waals surface area contributed by atoms with E-state index in [4.69, 9.17) is 0 Å². The van der Waals surface area contributed by atoms with Crippen LogP contribution in [0.3, 0.4) is 0 Å². The van der Waals surface area contributed by atoms with Crippen LogP contribution in [0, 0.1) is 20.8 Å². The zero-order chi connectivity index (χ0) is 17.4. The molecule has 8 nitrogen and oxygen atoms in total. The Morgan fingerprint density at radius 3 is 2.71 bits per heavy atom. The number of hydrogen-bond donors (Lipinski definition) is 3. The first kappa shape index (κ1) is 15.9. The average molecular weight is 327 g/mol. The highest BCUT2D eigenvalue weighted by Crippen LogP contribution is 2.21. The zero-order valence-corrected chi connectivity index (χ0v) is 13.6. The van der Waals surface area contributed by atoms with Crippen molar-refractivity contribution in [3.63, 3.8) is 0 Å². The van der Waals surface area contributed by atoms with Gasteiger partial charge in [0, 0.05) is 17.8 Å². The number of carboxylic acids is 1. The van der Waals surface area contributed by atoms with Crippen molar-refractivity contribution in [1.29, 1.82) is 0 Å². The molecule has 0 saturated carbocycles. The topological polar surface area (TPSA) is 121 Å². The van der Waals surface area contributed by atoms with Gasteiger partial charge in [-0.15, -0.1) is 0 Å². The molecule has 0 unspecified atom stereocenters. The van der Waals surface area contributed by atoms with Crippen molar-refractivity contribution < 1.29 is 19.7 Å². The summed E-state index contributed by atoms with van der Waals surface area (Å²) in [5.41, 5.74) is 3.89. The minimum Gasteiger partial charge on any atom is -0.550 e. The summed E-state index contributed by atoms with van der Waals surface area (Å²) in [4.78, 5) is 33.9. The van der Waals surface area contributed by atoms with Gasteiger partial charge in [0.2, 0.25) is 0 Å². The molecule has 0 radical (unpaired) electrons. The fraction of sp³-hybridized carbons (Fsp3) is 0.312. The van der Waals surface area contributed by atoms with Gasteiger partial charge in [-0.05, 0) is 44.0 Å². The molecule has 2 aromatic rings. The summed E-state index contributed by atoms with van der Waals surface area (Å²) >= 11 is 0. The second kappa shape index (κ2) is 5.88. The van der Waals surface area contributed by atoms with Crippen molar-refractivity contribution in [2.24, 2.45) is 0 Å². The Bertz CT molecular complexity index is 891. The highest BCUT2D eigenvalue weighted by atomic mass is 16.4. The number of aliphatic carboxylic acids is 1. The second-order valence-corrected chi connectivity index (χ2v) is 5.85. The van der Waals surface area contributed by atoms with Crippen molar-refractivity contribution in [2.75, 3.05) is 5.32 Å². The maximum atomic E-state index is 11.7. The molecule has 2 heterocycles. The molecule has 0 saturated heterocycles. The number of aryl methyl sites for hydroxylation is 3. The number of nitrogens with zero attached hydrogens (tertiary/aromatic N) is 2. The quantitative estimate of drug-likeness (QED) is 0.602. The summed E-state index contributed by atoms with van der Waals surface area (Å²) < 4.78 is 0. The fourth-order valence-corrected chi connectivity index (χ4v) is 2.57. The predicted molar refractivity (Wildman–Crippen MR) is 84.9 cm³/mol. The van der Waals surface area contributed by atoms with E-state index < -0.39 is 24.3 Å². The Balaban J connectivity index is 1.89. The number of hydrogen-bond acceptors (Lipinski definition) is 6. The van der Waals surface area contributed by atoms with Crippen molar-refractivity contribution >= 4 is 34.7 Å². The lowest BCUT2D eigenvalue weighted by atomic mass is 10.1. The molecule has 8 heteroatoms. The second-order valence-electron chi connectivity index (χ2n) is 5.85. The normalized spacial score (nSPS) is 16.9. The molecule has 1 aliphatic rings. The lowest BCUT2D eigenvalue weighted by Crippen LogP contribution is -2.79. The molecular weight excluding hydrogens is 310 g/mol. The summed E-state index contributed by atoms with van der Waals surface area (Å²) in [6, 6.07) is 3.15. The third-order valence-corrected chi connectivity index (χ3v) is 3.99. The van der Waals surface area contributed by atoms with Crippen LogP contribution in [0.4, 0.5) is 5.95 Å². The molecular formula is C16H17N5O3. The van der Waals surface area contributed by atoms with Crippen LogP contribution in [0.1, 0.15) is 23.2 Å². The molecule has 0 spiro atoms. The number of benzene rings is 1. The molecule has 0 bridgehead atoms. The van der Waals surface area contributed by atoms with Crippen molar-refractivity contribution in [1.82, 2.24) is 15.3 Å². The first-order valence-electron chi connectivity index (χ1n) is 7.50. The molecule has 1 aliphatic heterocycles. The summed E-state index contributed by atoms with van der Waals surface area (Å²) in [6.07, 6.45) is -0.410. The summed E-state index contributed by atoms with van der Waals surface area (Å²) in [5, 5.41) is 17.0. The van der Waals surface area contributed by atoms with E-state index in [9.17, 15) is 14.7 Å². The number of amides is 1. The maximum absolute atomic E-state index is 11.7. The van der Waals surface area contributed by atoms with Gasteiger partial charge in [-0.3, -0.25) is 9.79 Å². The van der Waals surface area contributed by atoms with E-state index in [-0.39, 0.29) is 5.96 Å². The number of carbonyl (C=O) groups is 2. The Hall–Kier alpha value is -3.03. The molecule has 3 N–H and O–H groups in total. The fourth-order valence-electron chi connectivity index (χ4n) is 2.57. The third-order valence-electron chi connectivity index (χ3n) is 3.99. The van der Waals surface area contributed by atoms with E-state index >= 15 is 0 Å². The van der Waals surface area contributed by atoms with Crippen LogP contribution in [0.25, 0.3) is 10.9 Å². The van der Waals surface area contributed by atoms with Gasteiger partial charge in [0.1, 0.15) is 0 Å². The number of nitrogens with one attached hydrogen (secondary N) is 3. The van der Waals surface area contributed by atoms with E-state index in [2.05, 4.69) is 25.6 Å². The number of fused-ring (bicyclic) bond motifs is 1. The van der Waals surface area contributed by atoms with Crippen LogP contribution < -0.4 is 20.7 Å². The van der Waals surface area contributed by atoms with Crippen LogP contribution in [0.2, 0.25) is 0 Å². The molecule has 3 rings (SSSR count). The zero-order valence-electron chi connectivity index (χ0n) is 13.6. The predicted octanol–water partition coefficient (Wildman–Crippen LogP) is -1.96. The Morgan fingerprint density at radius 2 is 2.00 bits per heavy atom. The molecule has 124 valence electrons. The van der Waals surface area contributed by atoms with Gasteiger partial charge in [0.15, 0.2) is 6.04 Å². The molecule has 0 fully saturated rings. The summed E-state index contributed by atoms with van der Waals surface area (Å²) in [5.74, 6) is -1.16. The van der Waals surface area contributed by atoms with E-state index in [1.807, 2.05) is 32.9 Å². The molecule has 1 atom stereocenters. The number of guanidine groups is 1. The molecule has 1 amide bonds. The summed E-state index contributed by atoms with van der Waals surface area (Å²) in [6.45, 7) is 5.93. The van der Waals surface area contributed by atoms with Gasteiger partial charge in [-0.1, -0.05) is 0 Å². The van der Waals surface area contributed by atoms with Gasteiger partial charge < -0.3 is 9.90 Å². The van der Waals surface area contributed by atoms with E-state index in [1.165, 1.54) is 5.56 Å². The molecule has 0 aliphatic carbocycles. The highest BCUT2D eigenvalue weighted by molar-refractivity contribution is 6.05. The van der Waals surface area contributed by atoms with Gasteiger partial charge in [-0.25, -0.2) is 15.6 Å². The number of aromatic nitrogens is 2. The van der Waals surface area contributed by atoms with Crippen LogP contribution in [-0.4, -0.2) is 33.8 Å². The number of rotatable bonds is 3. The molecule has 1 aromatic heterocycles. The Kier molecular flexibility index (Phi) is 3.88. The average Bonchev–Trinajstić information content (AvgIpc) is 2.80. The number of carbonyl (C=O) groups excluding carboxylic acids is 2. The standard InChI is InChI=1S/C16H17N5O3/c1-7-4-10-9(3)17-15(18-11(10)5-8(7)2)21-16-19-12(6-13(22)23)14(24)20-16/h4-5,12H,6H2,1-3H3,(H,22,23)(H2,17,18,19,20,21,24)/t12-/m1/s1. The molecule has 24 heavy (non-hydrogen) atoms. The van der Waals surface area contributed by atoms with Gasteiger partial charge in [0.05, 0.1) is 11.2 Å². The van der Waals surface area contributed by atoms with Crippen LogP contribution in [-0.2, 0) is 9.59 Å². The number of carboxylic acid groups (broad SMARTS) is 1. The van der Waals surface area contributed by atoms with Crippen molar-refractivity contribution in [3.8, 4) is 0 Å². The largest absolute Gasteiger partial charge is 0.550 e. The van der Waals surface area contributed by atoms with Gasteiger partial charge in [-0.2, -0.15) is 4.98 Å². The smallest absolute Gasteiger partial charge is 0.358 e.